The van der Waals surface area contributed by atoms with Gasteiger partial charge in [0.1, 0.15) is 5.78 Å². The average Bonchev–Trinajstić information content (AvgIpc) is 2.02. The lowest BCUT2D eigenvalue weighted by Gasteiger charge is -2.14. The van der Waals surface area contributed by atoms with Crippen LogP contribution in [0.1, 0.15) is 20.3 Å². The number of hydrogen-bond acceptors (Lipinski definition) is 4. The number of rotatable bonds is 5. The minimum Gasteiger partial charge on any atom is -0.354 e. The van der Waals surface area contributed by atoms with Gasteiger partial charge in [-0.2, -0.15) is 0 Å². The molecule has 0 aromatic carbocycles. The van der Waals surface area contributed by atoms with Crippen LogP contribution in [0.3, 0.4) is 0 Å². The molecule has 0 saturated heterocycles. The van der Waals surface area contributed by atoms with E-state index < -0.39 is 6.04 Å². The van der Waals surface area contributed by atoms with E-state index in [2.05, 4.69) is 5.32 Å². The van der Waals surface area contributed by atoms with Crippen molar-refractivity contribution in [2.45, 2.75) is 32.4 Å². The molecule has 0 fully saturated rings. The van der Waals surface area contributed by atoms with Crippen LogP contribution < -0.4 is 16.8 Å². The first-order chi connectivity index (χ1) is 5.95. The summed E-state index contributed by atoms with van der Waals surface area (Å²) < 4.78 is 0. The van der Waals surface area contributed by atoms with Crippen molar-refractivity contribution in [3.63, 3.8) is 0 Å². The van der Waals surface area contributed by atoms with Crippen molar-refractivity contribution >= 4 is 11.7 Å². The first-order valence-electron chi connectivity index (χ1n) is 4.23. The number of carbonyl (C=O) groups excluding carboxylic acids is 2. The predicted molar refractivity (Wildman–Crippen MR) is 49.9 cm³/mol. The normalized spacial score (nSPS) is 14.8. The molecule has 0 aliphatic carbocycles. The van der Waals surface area contributed by atoms with E-state index in [0.717, 1.165) is 0 Å². The molecule has 0 radical (unpaired) electrons. The number of nitrogens with two attached hydrogens (primary N) is 2. The van der Waals surface area contributed by atoms with Crippen molar-refractivity contribution in [1.29, 1.82) is 0 Å². The summed E-state index contributed by atoms with van der Waals surface area (Å²) in [4.78, 5) is 21.7. The summed E-state index contributed by atoms with van der Waals surface area (Å²) in [6, 6.07) is -1.08. The first-order valence-corrected chi connectivity index (χ1v) is 4.23. The highest BCUT2D eigenvalue weighted by Gasteiger charge is 2.16. The van der Waals surface area contributed by atoms with E-state index in [9.17, 15) is 9.59 Å². The van der Waals surface area contributed by atoms with Gasteiger partial charge in [0.25, 0.3) is 0 Å². The number of nitrogens with one attached hydrogen (secondary N) is 1. The lowest BCUT2D eigenvalue weighted by atomic mass is 10.1. The fourth-order valence-electron chi connectivity index (χ4n) is 0.718. The van der Waals surface area contributed by atoms with Crippen molar-refractivity contribution in [2.75, 3.05) is 6.54 Å². The Kier molecular flexibility index (Phi) is 5.25. The van der Waals surface area contributed by atoms with Gasteiger partial charge < -0.3 is 16.8 Å². The van der Waals surface area contributed by atoms with Gasteiger partial charge in [-0.15, -0.1) is 0 Å². The second kappa shape index (κ2) is 5.66. The summed E-state index contributed by atoms with van der Waals surface area (Å²) in [5, 5.41) is 2.53. The molecule has 0 unspecified atom stereocenters. The lowest BCUT2D eigenvalue weighted by molar-refractivity contribution is -0.122. The van der Waals surface area contributed by atoms with Crippen LogP contribution in [0.15, 0.2) is 0 Å². The topological polar surface area (TPSA) is 98.2 Å². The van der Waals surface area contributed by atoms with Gasteiger partial charge in [0.05, 0.1) is 6.04 Å². The van der Waals surface area contributed by atoms with Crippen LogP contribution in [0.4, 0.5) is 0 Å². The molecule has 0 aromatic heterocycles. The quantitative estimate of drug-likeness (QED) is 0.501. The molecular weight excluding hydrogens is 170 g/mol. The van der Waals surface area contributed by atoms with Crippen LogP contribution in [0, 0.1) is 0 Å². The van der Waals surface area contributed by atoms with Gasteiger partial charge in [-0.25, -0.2) is 0 Å². The molecule has 13 heavy (non-hydrogen) atoms. The van der Waals surface area contributed by atoms with Crippen molar-refractivity contribution in [1.82, 2.24) is 5.32 Å². The van der Waals surface area contributed by atoms with E-state index in [1.165, 1.54) is 6.92 Å². The second-order valence-corrected chi connectivity index (χ2v) is 3.13. The third kappa shape index (κ3) is 5.32. The number of Topliss-reactive ketones (excluding diaryl/α,β-unsaturated/α-hetero) is 1. The maximum atomic E-state index is 11.1. The van der Waals surface area contributed by atoms with E-state index in [0.29, 0.717) is 13.0 Å². The van der Waals surface area contributed by atoms with Crippen molar-refractivity contribution in [2.24, 2.45) is 11.5 Å². The Morgan fingerprint density at radius 1 is 1.38 bits per heavy atom. The highest BCUT2D eigenvalue weighted by Crippen LogP contribution is 1.86. The number of hydrogen-bond donors (Lipinski definition) is 3. The molecule has 0 rings (SSSR count). The molecule has 5 N–H and O–H groups in total. The first kappa shape index (κ1) is 12.1. The lowest BCUT2D eigenvalue weighted by Crippen LogP contribution is -2.50. The van der Waals surface area contributed by atoms with Crippen LogP contribution in [0.5, 0.6) is 0 Å². The van der Waals surface area contributed by atoms with Gasteiger partial charge in [0.15, 0.2) is 0 Å². The molecule has 0 bridgehead atoms. The van der Waals surface area contributed by atoms with Gasteiger partial charge in [-0.1, -0.05) is 0 Å². The molecule has 5 heteroatoms. The minimum atomic E-state index is -0.702. The van der Waals surface area contributed by atoms with Gasteiger partial charge in [-0.05, 0) is 13.8 Å². The highest BCUT2D eigenvalue weighted by atomic mass is 16.2. The summed E-state index contributed by atoms with van der Waals surface area (Å²) in [5.41, 5.74) is 10.9. The molecular formula is C8H17N3O2. The Labute approximate surface area is 77.8 Å². The third-order valence-electron chi connectivity index (χ3n) is 1.65. The fraction of sp³-hybridized carbons (Fsp3) is 0.750. The van der Waals surface area contributed by atoms with Gasteiger partial charge >= 0.3 is 0 Å². The molecule has 0 aliphatic rings. The maximum absolute atomic E-state index is 11.1. The van der Waals surface area contributed by atoms with Gasteiger partial charge in [0, 0.05) is 19.0 Å². The van der Waals surface area contributed by atoms with Crippen LogP contribution in [-0.4, -0.2) is 30.3 Å². The monoisotopic (exact) mass is 187 g/mol. The largest absolute Gasteiger partial charge is 0.354 e. The smallest absolute Gasteiger partial charge is 0.238 e. The summed E-state index contributed by atoms with van der Waals surface area (Å²) >= 11 is 0. The van der Waals surface area contributed by atoms with Gasteiger partial charge in [-0.3, -0.25) is 9.59 Å². The number of amides is 1. The van der Waals surface area contributed by atoms with Crippen LogP contribution in [-0.2, 0) is 9.59 Å². The molecule has 0 aromatic rings. The Balaban J connectivity index is 3.68. The second-order valence-electron chi connectivity index (χ2n) is 3.13. The highest BCUT2D eigenvalue weighted by molar-refractivity contribution is 5.83. The average molecular weight is 187 g/mol. The van der Waals surface area contributed by atoms with Crippen LogP contribution >= 0.6 is 0 Å². The Morgan fingerprint density at radius 2 is 1.92 bits per heavy atom. The Hall–Kier alpha value is -0.940. The number of ketones is 1. The molecule has 0 saturated carbocycles. The Bertz CT molecular complexity index is 192. The van der Waals surface area contributed by atoms with Crippen molar-refractivity contribution in [3.05, 3.63) is 0 Å². The zero-order valence-corrected chi connectivity index (χ0v) is 8.04. The SMILES string of the molecule is CC(=O)CCNC(=O)[C@@H](N)[C@H](C)N. The fourth-order valence-corrected chi connectivity index (χ4v) is 0.718. The molecule has 76 valence electrons. The summed E-state index contributed by atoms with van der Waals surface area (Å²) in [6.07, 6.45) is 0.331. The van der Waals surface area contributed by atoms with E-state index >= 15 is 0 Å². The molecule has 0 heterocycles. The van der Waals surface area contributed by atoms with E-state index in [4.69, 9.17) is 11.5 Å². The summed E-state index contributed by atoms with van der Waals surface area (Å²) in [6.45, 7) is 3.46. The molecule has 0 aliphatic heterocycles. The van der Waals surface area contributed by atoms with Gasteiger partial charge in [0.2, 0.25) is 5.91 Å². The zero-order valence-electron chi connectivity index (χ0n) is 8.04. The van der Waals surface area contributed by atoms with Crippen molar-refractivity contribution in [3.8, 4) is 0 Å². The Morgan fingerprint density at radius 3 is 2.31 bits per heavy atom. The minimum absolute atomic E-state index is 0.0367. The maximum Gasteiger partial charge on any atom is 0.238 e. The van der Waals surface area contributed by atoms with Crippen LogP contribution in [0.2, 0.25) is 0 Å². The molecule has 5 nitrogen and oxygen atoms in total. The zero-order chi connectivity index (χ0) is 10.4. The summed E-state index contributed by atoms with van der Waals surface area (Å²) in [7, 11) is 0. The standard InChI is InChI=1S/C8H17N3O2/c1-5(12)3-4-11-8(13)7(10)6(2)9/h6-7H,3-4,9-10H2,1-2H3,(H,11,13)/t6-,7-/m0/s1. The van der Waals surface area contributed by atoms with E-state index in [1.807, 2.05) is 0 Å². The van der Waals surface area contributed by atoms with E-state index in [-0.39, 0.29) is 17.7 Å². The van der Waals surface area contributed by atoms with Crippen molar-refractivity contribution < 1.29 is 9.59 Å². The predicted octanol–water partition coefficient (Wildman–Crippen LogP) is -1.24. The molecule has 2 atom stereocenters. The van der Waals surface area contributed by atoms with Crippen LogP contribution in [0.25, 0.3) is 0 Å². The third-order valence-corrected chi connectivity index (χ3v) is 1.65. The van der Waals surface area contributed by atoms with E-state index in [1.54, 1.807) is 6.92 Å². The summed E-state index contributed by atoms with van der Waals surface area (Å²) in [5.74, 6) is -0.272. The number of carbonyl (C=O) groups is 2. The molecule has 1 amide bonds. The molecule has 0 spiro atoms.